The zero-order chi connectivity index (χ0) is 21.1. The number of benzene rings is 1. The lowest BCUT2D eigenvalue weighted by atomic mass is 10.0. The summed E-state index contributed by atoms with van der Waals surface area (Å²) in [5.41, 5.74) is -0.794. The Bertz CT molecular complexity index is 678. The number of nitrogens with one attached hydrogen (secondary N) is 1. The van der Waals surface area contributed by atoms with Gasteiger partial charge in [-0.1, -0.05) is 6.07 Å². The van der Waals surface area contributed by atoms with Gasteiger partial charge in [0, 0.05) is 17.6 Å². The minimum absolute atomic E-state index is 0.0219. The number of hydrogen-bond acceptors (Lipinski definition) is 3. The van der Waals surface area contributed by atoms with Gasteiger partial charge in [-0.05, 0) is 37.8 Å². The van der Waals surface area contributed by atoms with Crippen molar-refractivity contribution in [3.8, 4) is 0 Å². The van der Waals surface area contributed by atoms with Crippen LogP contribution in [0.4, 0.5) is 30.7 Å². The molecule has 3 atom stereocenters. The van der Waals surface area contributed by atoms with E-state index >= 15 is 0 Å². The molecule has 2 aliphatic rings. The van der Waals surface area contributed by atoms with Gasteiger partial charge in [-0.25, -0.2) is 9.18 Å². The van der Waals surface area contributed by atoms with Gasteiger partial charge in [0.2, 0.25) is 0 Å². The molecule has 4 nitrogen and oxygen atoms in total. The monoisotopic (exact) mass is 417 g/mol. The van der Waals surface area contributed by atoms with E-state index in [1.807, 2.05) is 0 Å². The van der Waals surface area contributed by atoms with E-state index in [2.05, 4.69) is 5.32 Å². The summed E-state index contributed by atoms with van der Waals surface area (Å²) in [4.78, 5) is 8.90. The van der Waals surface area contributed by atoms with E-state index in [4.69, 9.17) is 14.6 Å². The largest absolute Gasteiger partial charge is 0.490 e. The van der Waals surface area contributed by atoms with Crippen molar-refractivity contribution in [3.05, 3.63) is 35.1 Å². The topological polar surface area (TPSA) is 58.6 Å². The first-order valence-corrected chi connectivity index (χ1v) is 8.39. The van der Waals surface area contributed by atoms with Crippen molar-refractivity contribution in [2.75, 3.05) is 0 Å². The number of alkyl halides is 6. The van der Waals surface area contributed by atoms with Crippen molar-refractivity contribution in [1.29, 1.82) is 0 Å². The first-order chi connectivity index (χ1) is 12.9. The van der Waals surface area contributed by atoms with Crippen LogP contribution < -0.4 is 5.32 Å². The molecule has 2 aliphatic heterocycles. The van der Waals surface area contributed by atoms with E-state index in [0.29, 0.717) is 18.2 Å². The van der Waals surface area contributed by atoms with Crippen molar-refractivity contribution >= 4 is 5.97 Å². The van der Waals surface area contributed by atoms with Crippen LogP contribution in [0.25, 0.3) is 0 Å². The third-order valence-electron chi connectivity index (χ3n) is 4.53. The minimum Gasteiger partial charge on any atom is -0.475 e. The maximum atomic E-state index is 13.7. The maximum Gasteiger partial charge on any atom is 0.490 e. The number of carboxylic acids is 1. The lowest BCUT2D eigenvalue weighted by Gasteiger charge is -2.29. The molecule has 2 heterocycles. The van der Waals surface area contributed by atoms with Crippen LogP contribution in [-0.4, -0.2) is 35.4 Å². The fraction of sp³-hybridized carbons (Fsp3) is 0.588. The van der Waals surface area contributed by atoms with Crippen LogP contribution in [0.15, 0.2) is 18.2 Å². The Kier molecular flexibility index (Phi) is 6.92. The van der Waals surface area contributed by atoms with Crippen molar-refractivity contribution in [3.63, 3.8) is 0 Å². The van der Waals surface area contributed by atoms with Gasteiger partial charge >= 0.3 is 18.3 Å². The molecule has 28 heavy (non-hydrogen) atoms. The van der Waals surface area contributed by atoms with Gasteiger partial charge in [-0.2, -0.15) is 26.3 Å². The molecular formula is C17H18F7NO3. The van der Waals surface area contributed by atoms with Gasteiger partial charge in [0.25, 0.3) is 0 Å². The van der Waals surface area contributed by atoms with E-state index in [1.54, 1.807) is 0 Å². The summed E-state index contributed by atoms with van der Waals surface area (Å²) in [6, 6.07) is 3.52. The third-order valence-corrected chi connectivity index (χ3v) is 4.53. The van der Waals surface area contributed by atoms with Crippen LogP contribution in [0.2, 0.25) is 0 Å². The molecule has 1 unspecified atom stereocenters. The van der Waals surface area contributed by atoms with Crippen LogP contribution in [0, 0.1) is 5.82 Å². The van der Waals surface area contributed by atoms with E-state index in [0.717, 1.165) is 37.8 Å². The summed E-state index contributed by atoms with van der Waals surface area (Å²) in [5.74, 6) is -3.62. The predicted octanol–water partition coefficient (Wildman–Crippen LogP) is 4.28. The van der Waals surface area contributed by atoms with Crippen molar-refractivity contribution < 1.29 is 45.4 Å². The molecule has 3 rings (SSSR count). The van der Waals surface area contributed by atoms with Gasteiger partial charge in [0.15, 0.2) is 0 Å². The SMILES string of the molecule is Fc1cc(C(F)(F)F)ccc1COC1C[C@H]2CC[C@@H](C1)N2.O=C(O)C(F)(F)F. The Balaban J connectivity index is 0.000000345. The Morgan fingerprint density at radius 2 is 1.64 bits per heavy atom. The van der Waals surface area contributed by atoms with E-state index in [-0.39, 0.29) is 18.3 Å². The fourth-order valence-electron chi connectivity index (χ4n) is 3.19. The van der Waals surface area contributed by atoms with E-state index in [1.165, 1.54) is 0 Å². The molecule has 0 spiro atoms. The molecule has 1 aromatic carbocycles. The highest BCUT2D eigenvalue weighted by Crippen LogP contribution is 2.31. The van der Waals surface area contributed by atoms with Crippen LogP contribution in [0.1, 0.15) is 36.8 Å². The van der Waals surface area contributed by atoms with Crippen LogP contribution in [-0.2, 0) is 22.3 Å². The normalized spacial score (nSPS) is 24.5. The molecule has 0 aromatic heterocycles. The molecule has 158 valence electrons. The number of fused-ring (bicyclic) bond motifs is 2. The van der Waals surface area contributed by atoms with Gasteiger partial charge in [-0.3, -0.25) is 0 Å². The summed E-state index contributed by atoms with van der Waals surface area (Å²) in [6.07, 6.45) is -5.49. The lowest BCUT2D eigenvalue weighted by Crippen LogP contribution is -2.41. The summed E-state index contributed by atoms with van der Waals surface area (Å²) in [6.45, 7) is 0.0219. The van der Waals surface area contributed by atoms with Gasteiger partial charge in [-0.15, -0.1) is 0 Å². The van der Waals surface area contributed by atoms with Gasteiger partial charge in [0.1, 0.15) is 5.82 Å². The molecule has 1 aromatic rings. The molecule has 0 saturated carbocycles. The highest BCUT2D eigenvalue weighted by molar-refractivity contribution is 5.73. The fourth-order valence-corrected chi connectivity index (χ4v) is 3.19. The quantitative estimate of drug-likeness (QED) is 0.721. The highest BCUT2D eigenvalue weighted by atomic mass is 19.4. The van der Waals surface area contributed by atoms with Crippen molar-refractivity contribution in [2.24, 2.45) is 0 Å². The summed E-state index contributed by atoms with van der Waals surface area (Å²) in [5, 5.41) is 10.6. The van der Waals surface area contributed by atoms with Gasteiger partial charge < -0.3 is 15.2 Å². The molecular weight excluding hydrogens is 399 g/mol. The summed E-state index contributed by atoms with van der Waals surface area (Å²) in [7, 11) is 0. The number of carbonyl (C=O) groups is 1. The Hall–Kier alpha value is -1.88. The summed E-state index contributed by atoms with van der Waals surface area (Å²) < 4.78 is 88.5. The van der Waals surface area contributed by atoms with Crippen molar-refractivity contribution in [2.45, 2.75) is 62.8 Å². The molecule has 2 N–H and O–H groups in total. The Morgan fingerprint density at radius 1 is 1.11 bits per heavy atom. The number of carboxylic acid groups (broad SMARTS) is 1. The third kappa shape index (κ3) is 6.33. The number of aliphatic carboxylic acids is 1. The zero-order valence-electron chi connectivity index (χ0n) is 14.4. The Morgan fingerprint density at radius 3 is 2.07 bits per heavy atom. The van der Waals surface area contributed by atoms with E-state index in [9.17, 15) is 30.7 Å². The average Bonchev–Trinajstić information content (AvgIpc) is 2.91. The second-order valence-electron chi connectivity index (χ2n) is 6.65. The van der Waals surface area contributed by atoms with Gasteiger partial charge in [0.05, 0.1) is 18.3 Å². The summed E-state index contributed by atoms with van der Waals surface area (Å²) >= 11 is 0. The standard InChI is InChI=1S/C15H17F4NO.C2HF3O2/c16-14-5-10(15(17,18)19)2-1-9(14)8-21-13-6-11-3-4-12(7-13)20-11;3-2(4,5)1(6)7/h1-2,5,11-13,20H,3-4,6-8H2;(H,6,7)/t11-,12+,13?;. The van der Waals surface area contributed by atoms with Crippen LogP contribution in [0.3, 0.4) is 0 Å². The number of piperidine rings is 1. The number of hydrogen-bond donors (Lipinski definition) is 2. The maximum absolute atomic E-state index is 13.7. The predicted molar refractivity (Wildman–Crippen MR) is 82.8 cm³/mol. The first-order valence-electron chi connectivity index (χ1n) is 8.39. The Labute approximate surface area is 155 Å². The highest BCUT2D eigenvalue weighted by Gasteiger charge is 2.38. The molecule has 0 aliphatic carbocycles. The minimum atomic E-state index is -5.08. The molecule has 0 radical (unpaired) electrons. The average molecular weight is 417 g/mol. The first kappa shape index (κ1) is 22.4. The second kappa shape index (κ2) is 8.64. The van der Waals surface area contributed by atoms with Crippen LogP contribution in [0.5, 0.6) is 0 Å². The zero-order valence-corrected chi connectivity index (χ0v) is 14.4. The van der Waals surface area contributed by atoms with Crippen LogP contribution >= 0.6 is 0 Å². The molecule has 11 heteroatoms. The molecule has 0 amide bonds. The molecule has 2 saturated heterocycles. The molecule has 2 fully saturated rings. The lowest BCUT2D eigenvalue weighted by molar-refractivity contribution is -0.192. The molecule has 2 bridgehead atoms. The van der Waals surface area contributed by atoms with Crippen molar-refractivity contribution in [1.82, 2.24) is 5.32 Å². The smallest absolute Gasteiger partial charge is 0.475 e. The number of rotatable bonds is 3. The van der Waals surface area contributed by atoms with E-state index < -0.39 is 29.7 Å². The second-order valence-corrected chi connectivity index (χ2v) is 6.65. The number of halogens is 7. The number of ether oxygens (including phenoxy) is 1.